The molecule has 3 rings (SSSR count). The summed E-state index contributed by atoms with van der Waals surface area (Å²) in [5.41, 5.74) is 0.726. The van der Waals surface area contributed by atoms with Gasteiger partial charge in [-0.05, 0) is 32.3 Å². The van der Waals surface area contributed by atoms with E-state index in [1.54, 1.807) is 6.07 Å². The highest BCUT2D eigenvalue weighted by Crippen LogP contribution is 2.21. The van der Waals surface area contributed by atoms with Gasteiger partial charge in [0.2, 0.25) is 5.91 Å². The second kappa shape index (κ2) is 10.0. The van der Waals surface area contributed by atoms with Gasteiger partial charge in [-0.2, -0.15) is 0 Å². The number of ether oxygens (including phenoxy) is 1. The summed E-state index contributed by atoms with van der Waals surface area (Å²) in [6.07, 6.45) is 1.21. The summed E-state index contributed by atoms with van der Waals surface area (Å²) in [6.45, 7) is 13.8. The molecule has 0 aliphatic carbocycles. The van der Waals surface area contributed by atoms with Gasteiger partial charge in [-0.25, -0.2) is 4.39 Å². The van der Waals surface area contributed by atoms with Gasteiger partial charge in [-0.1, -0.05) is 32.0 Å². The third kappa shape index (κ3) is 5.77. The first kappa shape index (κ1) is 22.2. The second-order valence-corrected chi connectivity index (χ2v) is 8.95. The fourth-order valence-corrected chi connectivity index (χ4v) is 4.71. The number of carbonyl (C=O) groups excluding carboxylic acids is 1. The molecule has 0 bridgehead atoms. The van der Waals surface area contributed by atoms with Gasteiger partial charge < -0.3 is 9.64 Å². The van der Waals surface area contributed by atoms with Gasteiger partial charge in [-0.15, -0.1) is 0 Å². The van der Waals surface area contributed by atoms with E-state index < -0.39 is 0 Å². The van der Waals surface area contributed by atoms with Crippen molar-refractivity contribution in [3.05, 3.63) is 35.6 Å². The van der Waals surface area contributed by atoms with Crippen LogP contribution in [0.1, 0.15) is 39.7 Å². The Labute approximate surface area is 174 Å². The fourth-order valence-electron chi connectivity index (χ4n) is 4.71. The highest BCUT2D eigenvalue weighted by atomic mass is 19.1. The van der Waals surface area contributed by atoms with Crippen molar-refractivity contribution in [1.82, 2.24) is 14.7 Å². The monoisotopic (exact) mass is 405 g/mol. The molecule has 0 aromatic heterocycles. The lowest BCUT2D eigenvalue weighted by Crippen LogP contribution is -2.58. The van der Waals surface area contributed by atoms with Crippen LogP contribution in [-0.4, -0.2) is 78.1 Å². The molecule has 0 radical (unpaired) electrons. The third-order valence-corrected chi connectivity index (χ3v) is 5.98. The van der Waals surface area contributed by atoms with E-state index in [0.29, 0.717) is 13.1 Å². The minimum absolute atomic E-state index is 0.109. The first-order valence-electron chi connectivity index (χ1n) is 11.0. The van der Waals surface area contributed by atoms with Crippen LogP contribution in [0.3, 0.4) is 0 Å². The molecule has 2 saturated heterocycles. The molecule has 0 N–H and O–H groups in total. The standard InChI is InChI=1S/C23H36FN3O2/c1-17(2)22(27-14-18(3)29-19(4)15-27)23(28)26-11-7-10-25(12-13-26)16-20-8-5-6-9-21(20)24/h5-6,8-9,17-19,22H,7,10-16H2,1-4H3/t18-,19-,22+/m1/s1. The van der Waals surface area contributed by atoms with E-state index in [4.69, 9.17) is 4.74 Å². The number of amides is 1. The molecule has 1 amide bonds. The van der Waals surface area contributed by atoms with Crippen molar-refractivity contribution in [3.8, 4) is 0 Å². The highest BCUT2D eigenvalue weighted by molar-refractivity contribution is 5.82. The Morgan fingerprint density at radius 3 is 2.45 bits per heavy atom. The molecule has 1 aromatic carbocycles. The van der Waals surface area contributed by atoms with Crippen LogP contribution in [0.15, 0.2) is 24.3 Å². The summed E-state index contributed by atoms with van der Waals surface area (Å²) in [7, 11) is 0. The summed E-state index contributed by atoms with van der Waals surface area (Å²) in [5.74, 6) is 0.326. The molecule has 29 heavy (non-hydrogen) atoms. The Kier molecular flexibility index (Phi) is 7.66. The molecule has 1 aromatic rings. The zero-order valence-corrected chi connectivity index (χ0v) is 18.3. The quantitative estimate of drug-likeness (QED) is 0.755. The van der Waals surface area contributed by atoms with Gasteiger partial charge in [0.1, 0.15) is 5.82 Å². The van der Waals surface area contributed by atoms with Gasteiger partial charge in [0.15, 0.2) is 0 Å². The Hall–Kier alpha value is -1.50. The number of rotatable bonds is 5. The first-order valence-corrected chi connectivity index (χ1v) is 11.0. The van der Waals surface area contributed by atoms with E-state index in [1.165, 1.54) is 6.07 Å². The summed E-state index contributed by atoms with van der Waals surface area (Å²) in [5, 5.41) is 0. The van der Waals surface area contributed by atoms with Gasteiger partial charge in [-0.3, -0.25) is 14.6 Å². The van der Waals surface area contributed by atoms with Gasteiger partial charge in [0.25, 0.3) is 0 Å². The zero-order chi connectivity index (χ0) is 21.0. The number of hydrogen-bond acceptors (Lipinski definition) is 4. The lowest BCUT2D eigenvalue weighted by molar-refractivity contribution is -0.145. The number of hydrogen-bond donors (Lipinski definition) is 0. The van der Waals surface area contributed by atoms with E-state index in [0.717, 1.165) is 44.7 Å². The van der Waals surface area contributed by atoms with Crippen molar-refractivity contribution in [2.24, 2.45) is 5.92 Å². The van der Waals surface area contributed by atoms with E-state index in [9.17, 15) is 9.18 Å². The van der Waals surface area contributed by atoms with Crippen molar-refractivity contribution in [3.63, 3.8) is 0 Å². The second-order valence-electron chi connectivity index (χ2n) is 8.95. The van der Waals surface area contributed by atoms with Crippen molar-refractivity contribution < 1.29 is 13.9 Å². The lowest BCUT2D eigenvalue weighted by atomic mass is 9.99. The normalized spacial score (nSPS) is 25.8. The number of morpholine rings is 1. The Morgan fingerprint density at radius 1 is 1.10 bits per heavy atom. The minimum atomic E-state index is -0.153. The molecular weight excluding hydrogens is 369 g/mol. The molecule has 0 saturated carbocycles. The molecule has 6 heteroatoms. The molecule has 2 aliphatic rings. The van der Waals surface area contributed by atoms with Crippen LogP contribution in [0.4, 0.5) is 4.39 Å². The van der Waals surface area contributed by atoms with Crippen molar-refractivity contribution >= 4 is 5.91 Å². The van der Waals surface area contributed by atoms with Crippen molar-refractivity contribution in [2.45, 2.75) is 58.9 Å². The molecule has 162 valence electrons. The topological polar surface area (TPSA) is 36.0 Å². The summed E-state index contributed by atoms with van der Waals surface area (Å²) in [4.78, 5) is 20.1. The molecular formula is C23H36FN3O2. The first-order chi connectivity index (χ1) is 13.8. The smallest absolute Gasteiger partial charge is 0.240 e. The van der Waals surface area contributed by atoms with Gasteiger partial charge >= 0.3 is 0 Å². The Morgan fingerprint density at radius 2 is 1.79 bits per heavy atom. The molecule has 5 nitrogen and oxygen atoms in total. The van der Waals surface area contributed by atoms with Crippen LogP contribution >= 0.6 is 0 Å². The summed E-state index contributed by atoms with van der Waals surface area (Å²) >= 11 is 0. The molecule has 2 aliphatic heterocycles. The van der Waals surface area contributed by atoms with E-state index in [2.05, 4.69) is 37.5 Å². The predicted molar refractivity (Wildman–Crippen MR) is 113 cm³/mol. The SMILES string of the molecule is CC(C)[C@@H](C(=O)N1CCCN(Cc2ccccc2F)CC1)N1C[C@@H](C)O[C@H](C)C1. The highest BCUT2D eigenvalue weighted by Gasteiger charge is 2.36. The maximum Gasteiger partial charge on any atom is 0.240 e. The maximum absolute atomic E-state index is 14.0. The maximum atomic E-state index is 14.0. The fraction of sp³-hybridized carbons (Fsp3) is 0.696. The summed E-state index contributed by atoms with van der Waals surface area (Å²) < 4.78 is 19.9. The van der Waals surface area contributed by atoms with E-state index >= 15 is 0 Å². The zero-order valence-electron chi connectivity index (χ0n) is 18.3. The van der Waals surface area contributed by atoms with Crippen molar-refractivity contribution in [2.75, 3.05) is 39.3 Å². The average Bonchev–Trinajstić information content (AvgIpc) is 2.88. The lowest BCUT2D eigenvalue weighted by Gasteiger charge is -2.42. The number of halogens is 1. The van der Waals surface area contributed by atoms with Crippen LogP contribution in [0.25, 0.3) is 0 Å². The molecule has 2 fully saturated rings. The average molecular weight is 406 g/mol. The van der Waals surface area contributed by atoms with Gasteiger partial charge in [0.05, 0.1) is 18.2 Å². The van der Waals surface area contributed by atoms with Crippen molar-refractivity contribution in [1.29, 1.82) is 0 Å². The van der Waals surface area contributed by atoms with Crippen LogP contribution in [0, 0.1) is 11.7 Å². The van der Waals surface area contributed by atoms with E-state index in [1.807, 2.05) is 17.0 Å². The molecule has 3 atom stereocenters. The number of nitrogens with zero attached hydrogens (tertiary/aromatic N) is 3. The predicted octanol–water partition coefficient (Wildman–Crippen LogP) is 2.99. The van der Waals surface area contributed by atoms with Crippen LogP contribution in [-0.2, 0) is 16.1 Å². The van der Waals surface area contributed by atoms with Crippen LogP contribution < -0.4 is 0 Å². The largest absolute Gasteiger partial charge is 0.373 e. The molecule has 2 heterocycles. The third-order valence-electron chi connectivity index (χ3n) is 5.98. The van der Waals surface area contributed by atoms with Crippen LogP contribution in [0.2, 0.25) is 0 Å². The van der Waals surface area contributed by atoms with Crippen LogP contribution in [0.5, 0.6) is 0 Å². The Balaban J connectivity index is 1.63. The Bertz CT molecular complexity index is 674. The number of carbonyl (C=O) groups is 1. The van der Waals surface area contributed by atoms with Gasteiger partial charge in [0, 0.05) is 51.4 Å². The van der Waals surface area contributed by atoms with E-state index in [-0.39, 0.29) is 35.9 Å². The minimum Gasteiger partial charge on any atom is -0.373 e. The number of benzene rings is 1. The molecule has 0 unspecified atom stereocenters. The summed E-state index contributed by atoms with van der Waals surface area (Å²) in [6, 6.07) is 6.85. The molecule has 0 spiro atoms.